The van der Waals surface area contributed by atoms with Crippen LogP contribution in [0.15, 0.2) is 54.6 Å². The summed E-state index contributed by atoms with van der Waals surface area (Å²) in [4.78, 5) is 28.8. The summed E-state index contributed by atoms with van der Waals surface area (Å²) >= 11 is 1.32. The van der Waals surface area contributed by atoms with Crippen LogP contribution in [0.4, 0.5) is 0 Å². The molecule has 0 bridgehead atoms. The number of imidazole rings is 1. The van der Waals surface area contributed by atoms with Gasteiger partial charge in [0.25, 0.3) is 5.91 Å². The summed E-state index contributed by atoms with van der Waals surface area (Å²) in [5.74, 6) is 1.49. The molecule has 0 saturated heterocycles. The second kappa shape index (κ2) is 9.44. The minimum Gasteiger partial charge on any atom is -0.480 e. The number of carbonyl (C=O) groups excluding carboxylic acids is 1. The highest BCUT2D eigenvalue weighted by Gasteiger charge is 2.27. The average molecular weight is 488 g/mol. The number of ether oxygens (including phenoxy) is 2. The molecule has 5 rings (SSSR count). The maximum Gasteiger partial charge on any atom is 0.262 e. The molecule has 1 unspecified atom stereocenters. The highest BCUT2D eigenvalue weighted by Crippen LogP contribution is 2.36. The van der Waals surface area contributed by atoms with Crippen LogP contribution in [0.2, 0.25) is 0 Å². The van der Waals surface area contributed by atoms with E-state index in [1.165, 1.54) is 11.3 Å². The smallest absolute Gasteiger partial charge is 0.262 e. The molecule has 0 aliphatic rings. The number of carbonyl (C=O) groups is 1. The predicted molar refractivity (Wildman–Crippen MR) is 136 cm³/mol. The molecule has 3 aromatic heterocycles. The van der Waals surface area contributed by atoms with Crippen molar-refractivity contribution in [3.05, 3.63) is 82.3 Å². The van der Waals surface area contributed by atoms with Crippen molar-refractivity contribution in [1.82, 2.24) is 24.8 Å². The Kier molecular flexibility index (Phi) is 6.19. The Morgan fingerprint density at radius 1 is 1.06 bits per heavy atom. The Balaban J connectivity index is 1.58. The van der Waals surface area contributed by atoms with Gasteiger partial charge in [0, 0.05) is 14.2 Å². The van der Waals surface area contributed by atoms with E-state index in [4.69, 9.17) is 14.5 Å². The second-order valence-corrected chi connectivity index (χ2v) is 9.15. The van der Waals surface area contributed by atoms with E-state index in [1.807, 2.05) is 73.1 Å². The van der Waals surface area contributed by atoms with Gasteiger partial charge in [0.15, 0.2) is 5.82 Å². The van der Waals surface area contributed by atoms with E-state index in [0.29, 0.717) is 21.4 Å². The normalized spacial score (nSPS) is 12.2. The third-order valence-electron chi connectivity index (χ3n) is 5.96. The highest BCUT2D eigenvalue weighted by molar-refractivity contribution is 7.20. The number of benzene rings is 2. The van der Waals surface area contributed by atoms with Gasteiger partial charge in [-0.3, -0.25) is 4.79 Å². The maximum atomic E-state index is 13.7. The van der Waals surface area contributed by atoms with Crippen molar-refractivity contribution in [3.8, 4) is 5.88 Å². The first-order valence-corrected chi connectivity index (χ1v) is 11.9. The van der Waals surface area contributed by atoms with Gasteiger partial charge in [0.1, 0.15) is 23.3 Å². The SMILES string of the molecule is COCc1nc(OC)c2c(C)c(C(=O)NC(c3ccccc3)c3nc4ccccc4n3C)sc2n1. The van der Waals surface area contributed by atoms with Gasteiger partial charge in [0.2, 0.25) is 5.88 Å². The summed E-state index contributed by atoms with van der Waals surface area (Å²) in [6, 6.07) is 17.4. The number of amides is 1. The number of aryl methyl sites for hydroxylation is 2. The predicted octanol–water partition coefficient (Wildman–Crippen LogP) is 4.56. The van der Waals surface area contributed by atoms with E-state index in [9.17, 15) is 4.79 Å². The Morgan fingerprint density at radius 2 is 1.80 bits per heavy atom. The zero-order valence-electron chi connectivity index (χ0n) is 19.9. The molecule has 178 valence electrons. The lowest BCUT2D eigenvalue weighted by atomic mass is 10.1. The Morgan fingerprint density at radius 3 is 2.51 bits per heavy atom. The van der Waals surface area contributed by atoms with Gasteiger partial charge in [-0.1, -0.05) is 42.5 Å². The fourth-order valence-electron chi connectivity index (χ4n) is 4.26. The molecule has 3 heterocycles. The lowest BCUT2D eigenvalue weighted by Gasteiger charge is -2.19. The van der Waals surface area contributed by atoms with Crippen LogP contribution < -0.4 is 10.1 Å². The molecule has 1 amide bonds. The van der Waals surface area contributed by atoms with Crippen molar-refractivity contribution in [3.63, 3.8) is 0 Å². The number of aromatic nitrogens is 4. The molecule has 0 radical (unpaired) electrons. The van der Waals surface area contributed by atoms with Crippen LogP contribution in [0, 0.1) is 6.92 Å². The summed E-state index contributed by atoms with van der Waals surface area (Å²) in [7, 11) is 5.12. The molecule has 0 fully saturated rings. The zero-order valence-corrected chi connectivity index (χ0v) is 20.7. The van der Waals surface area contributed by atoms with E-state index < -0.39 is 6.04 Å². The number of fused-ring (bicyclic) bond motifs is 2. The maximum absolute atomic E-state index is 13.7. The monoisotopic (exact) mass is 487 g/mol. The van der Waals surface area contributed by atoms with E-state index in [-0.39, 0.29) is 12.5 Å². The second-order valence-electron chi connectivity index (χ2n) is 8.15. The van der Waals surface area contributed by atoms with Crippen LogP contribution in [0.1, 0.15) is 38.5 Å². The van der Waals surface area contributed by atoms with Crippen molar-refractivity contribution in [2.75, 3.05) is 14.2 Å². The molecular formula is C26H25N5O3S. The first-order valence-electron chi connectivity index (χ1n) is 11.1. The van der Waals surface area contributed by atoms with Gasteiger partial charge in [-0.15, -0.1) is 11.3 Å². The van der Waals surface area contributed by atoms with E-state index in [0.717, 1.165) is 33.4 Å². The Bertz CT molecular complexity index is 1530. The van der Waals surface area contributed by atoms with Gasteiger partial charge >= 0.3 is 0 Å². The number of para-hydroxylation sites is 2. The third kappa shape index (κ3) is 4.13. The van der Waals surface area contributed by atoms with E-state index in [2.05, 4.69) is 15.3 Å². The lowest BCUT2D eigenvalue weighted by Crippen LogP contribution is -2.31. The summed E-state index contributed by atoms with van der Waals surface area (Å²) in [6.45, 7) is 2.15. The van der Waals surface area contributed by atoms with Gasteiger partial charge in [-0.05, 0) is 30.2 Å². The first-order chi connectivity index (χ1) is 17.0. The van der Waals surface area contributed by atoms with Crippen LogP contribution in [0.3, 0.4) is 0 Å². The highest BCUT2D eigenvalue weighted by atomic mass is 32.1. The van der Waals surface area contributed by atoms with Crippen molar-refractivity contribution >= 4 is 38.5 Å². The quantitative estimate of drug-likeness (QED) is 0.362. The molecule has 1 atom stereocenters. The number of hydrogen-bond donors (Lipinski definition) is 1. The van der Waals surface area contributed by atoms with Crippen LogP contribution in [-0.4, -0.2) is 39.6 Å². The number of nitrogens with zero attached hydrogens (tertiary/aromatic N) is 4. The summed E-state index contributed by atoms with van der Waals surface area (Å²) in [5.41, 5.74) is 3.60. The number of hydrogen-bond acceptors (Lipinski definition) is 7. The van der Waals surface area contributed by atoms with Crippen molar-refractivity contribution < 1.29 is 14.3 Å². The van der Waals surface area contributed by atoms with Crippen molar-refractivity contribution in [2.45, 2.75) is 19.6 Å². The molecule has 2 aromatic carbocycles. The minimum absolute atomic E-state index is 0.207. The summed E-state index contributed by atoms with van der Waals surface area (Å²) in [5, 5.41) is 3.96. The largest absolute Gasteiger partial charge is 0.480 e. The van der Waals surface area contributed by atoms with Gasteiger partial charge in [-0.25, -0.2) is 9.97 Å². The Labute approximate surface area is 206 Å². The van der Waals surface area contributed by atoms with Gasteiger partial charge < -0.3 is 19.4 Å². The van der Waals surface area contributed by atoms with E-state index in [1.54, 1.807) is 14.2 Å². The fourth-order valence-corrected chi connectivity index (χ4v) is 5.36. The number of nitrogens with one attached hydrogen (secondary N) is 1. The molecular weight excluding hydrogens is 462 g/mol. The lowest BCUT2D eigenvalue weighted by molar-refractivity contribution is 0.0945. The standard InChI is InChI=1S/C26H25N5O3S/c1-15-20-25(34-4)28-19(14-33-3)29-26(20)35-22(15)24(32)30-21(16-10-6-5-7-11-16)23-27-17-12-8-9-13-18(17)31(23)2/h5-13,21H,14H2,1-4H3,(H,30,32). The van der Waals surface area contributed by atoms with Crippen molar-refractivity contribution in [1.29, 1.82) is 0 Å². The third-order valence-corrected chi connectivity index (χ3v) is 7.15. The number of methoxy groups -OCH3 is 2. The number of rotatable bonds is 7. The fraction of sp³-hybridized carbons (Fsp3) is 0.231. The zero-order chi connectivity index (χ0) is 24.5. The van der Waals surface area contributed by atoms with Gasteiger partial charge in [-0.2, -0.15) is 4.98 Å². The van der Waals surface area contributed by atoms with Crippen LogP contribution in [0.25, 0.3) is 21.3 Å². The van der Waals surface area contributed by atoms with Crippen LogP contribution in [0.5, 0.6) is 5.88 Å². The molecule has 0 aliphatic carbocycles. The van der Waals surface area contributed by atoms with Gasteiger partial charge in [0.05, 0.1) is 28.4 Å². The topological polar surface area (TPSA) is 91.2 Å². The van der Waals surface area contributed by atoms with Crippen LogP contribution >= 0.6 is 11.3 Å². The molecule has 1 N–H and O–H groups in total. The molecule has 8 nitrogen and oxygen atoms in total. The van der Waals surface area contributed by atoms with Crippen LogP contribution in [-0.2, 0) is 18.4 Å². The number of thiophene rings is 1. The van der Waals surface area contributed by atoms with E-state index >= 15 is 0 Å². The molecule has 0 aliphatic heterocycles. The molecule has 35 heavy (non-hydrogen) atoms. The molecule has 9 heteroatoms. The summed E-state index contributed by atoms with van der Waals surface area (Å²) in [6.07, 6.45) is 0. The first kappa shape index (κ1) is 22.9. The minimum atomic E-state index is -0.442. The molecule has 5 aromatic rings. The molecule has 0 saturated carbocycles. The van der Waals surface area contributed by atoms with Crippen molar-refractivity contribution in [2.24, 2.45) is 7.05 Å². The molecule has 0 spiro atoms. The average Bonchev–Trinajstić information content (AvgIpc) is 3.39. The Hall–Kier alpha value is -3.82. The summed E-state index contributed by atoms with van der Waals surface area (Å²) < 4.78 is 12.7.